The molecule has 0 saturated carbocycles. The number of hydrogen-bond acceptors (Lipinski definition) is 5. The van der Waals surface area contributed by atoms with Gasteiger partial charge in [0.25, 0.3) is 5.91 Å². The molecule has 0 unspecified atom stereocenters. The predicted molar refractivity (Wildman–Crippen MR) is 120 cm³/mol. The molecule has 0 radical (unpaired) electrons. The molecule has 31 heavy (non-hydrogen) atoms. The minimum atomic E-state index is -3.20. The first-order valence-electron chi connectivity index (χ1n) is 10.2. The number of hydrogen-bond donors (Lipinski definition) is 0. The lowest BCUT2D eigenvalue weighted by molar-refractivity contribution is 0.0648. The van der Waals surface area contributed by atoms with Crippen molar-refractivity contribution in [3.8, 4) is 0 Å². The van der Waals surface area contributed by atoms with Crippen molar-refractivity contribution in [1.82, 2.24) is 4.90 Å². The standard InChI is InChI=1S/C24H25NO5S/c1-15-4-6-18(7-5-15)13-25(19-8-9-31(28,29)14-19)24(27)22-12-20(26)23-17(3)10-16(2)11-21(23)30-22/h4-7,10-12,19H,8-9,13-14H2,1-3H3/t19-/m0/s1. The normalized spacial score (nSPS) is 17.7. The second kappa shape index (κ2) is 7.96. The van der Waals surface area contributed by atoms with Gasteiger partial charge in [-0.15, -0.1) is 0 Å². The van der Waals surface area contributed by atoms with Gasteiger partial charge in [0.1, 0.15) is 5.58 Å². The van der Waals surface area contributed by atoms with Gasteiger partial charge in [-0.2, -0.15) is 0 Å². The highest BCUT2D eigenvalue weighted by Gasteiger charge is 2.36. The molecule has 2 heterocycles. The van der Waals surface area contributed by atoms with Crippen molar-refractivity contribution in [2.75, 3.05) is 11.5 Å². The van der Waals surface area contributed by atoms with Crippen LogP contribution in [0.3, 0.4) is 0 Å². The van der Waals surface area contributed by atoms with E-state index in [2.05, 4.69) is 0 Å². The topological polar surface area (TPSA) is 84.7 Å². The molecule has 1 aromatic heterocycles. The summed E-state index contributed by atoms with van der Waals surface area (Å²) in [5.41, 5.74) is 3.78. The third-order valence-electron chi connectivity index (χ3n) is 5.77. The second-order valence-electron chi connectivity index (χ2n) is 8.41. The maximum absolute atomic E-state index is 13.5. The Morgan fingerprint density at radius 1 is 1.06 bits per heavy atom. The van der Waals surface area contributed by atoms with E-state index in [4.69, 9.17) is 4.42 Å². The van der Waals surface area contributed by atoms with Crippen LogP contribution in [0.4, 0.5) is 0 Å². The van der Waals surface area contributed by atoms with Crippen LogP contribution in [0.25, 0.3) is 11.0 Å². The third-order valence-corrected chi connectivity index (χ3v) is 7.52. The van der Waals surface area contributed by atoms with E-state index in [9.17, 15) is 18.0 Å². The van der Waals surface area contributed by atoms with Crippen LogP contribution < -0.4 is 5.43 Å². The zero-order valence-corrected chi connectivity index (χ0v) is 18.7. The Morgan fingerprint density at radius 3 is 2.42 bits per heavy atom. The molecule has 0 aliphatic carbocycles. The Bertz CT molecular complexity index is 1320. The molecule has 0 N–H and O–H groups in total. The zero-order chi connectivity index (χ0) is 22.3. The summed E-state index contributed by atoms with van der Waals surface area (Å²) in [6.45, 7) is 5.95. The van der Waals surface area contributed by atoms with Crippen LogP contribution in [0, 0.1) is 20.8 Å². The molecular formula is C24H25NO5S. The molecule has 1 aliphatic rings. The fraction of sp³-hybridized carbons (Fsp3) is 0.333. The van der Waals surface area contributed by atoms with Crippen molar-refractivity contribution in [2.45, 2.75) is 39.8 Å². The number of carbonyl (C=O) groups is 1. The molecule has 4 rings (SSSR count). The van der Waals surface area contributed by atoms with Crippen molar-refractivity contribution < 1.29 is 17.6 Å². The van der Waals surface area contributed by atoms with Crippen molar-refractivity contribution in [3.63, 3.8) is 0 Å². The minimum absolute atomic E-state index is 0.0510. The molecule has 2 aromatic carbocycles. The van der Waals surface area contributed by atoms with E-state index in [-0.39, 0.29) is 29.2 Å². The quantitative estimate of drug-likeness (QED) is 0.621. The molecule has 3 aromatic rings. The van der Waals surface area contributed by atoms with Gasteiger partial charge in [0.15, 0.2) is 21.0 Å². The van der Waals surface area contributed by atoms with Gasteiger partial charge in [0.05, 0.1) is 16.9 Å². The van der Waals surface area contributed by atoms with E-state index in [0.29, 0.717) is 17.4 Å². The first kappa shape index (κ1) is 21.3. The summed E-state index contributed by atoms with van der Waals surface area (Å²) in [6, 6.07) is 12.1. The van der Waals surface area contributed by atoms with Gasteiger partial charge < -0.3 is 9.32 Å². The highest BCUT2D eigenvalue weighted by molar-refractivity contribution is 7.91. The first-order chi connectivity index (χ1) is 14.6. The molecule has 6 nitrogen and oxygen atoms in total. The minimum Gasteiger partial charge on any atom is -0.451 e. The number of carbonyl (C=O) groups excluding carboxylic acids is 1. The van der Waals surface area contributed by atoms with E-state index in [0.717, 1.165) is 22.3 Å². The predicted octanol–water partition coefficient (Wildman–Crippen LogP) is 3.55. The maximum Gasteiger partial charge on any atom is 0.290 e. The zero-order valence-electron chi connectivity index (χ0n) is 17.8. The summed E-state index contributed by atoms with van der Waals surface area (Å²) >= 11 is 0. The number of benzene rings is 2. The van der Waals surface area contributed by atoms with Crippen molar-refractivity contribution in [2.24, 2.45) is 0 Å². The lowest BCUT2D eigenvalue weighted by Crippen LogP contribution is -2.41. The molecule has 1 fully saturated rings. The molecular weight excluding hydrogens is 414 g/mol. The number of fused-ring (bicyclic) bond motifs is 1. The Balaban J connectivity index is 1.76. The number of nitrogens with zero attached hydrogens (tertiary/aromatic N) is 1. The van der Waals surface area contributed by atoms with E-state index >= 15 is 0 Å². The summed E-state index contributed by atoms with van der Waals surface area (Å²) in [7, 11) is -3.20. The van der Waals surface area contributed by atoms with Crippen molar-refractivity contribution in [1.29, 1.82) is 0 Å². The molecule has 7 heteroatoms. The highest BCUT2D eigenvalue weighted by atomic mass is 32.2. The average molecular weight is 440 g/mol. The third kappa shape index (κ3) is 4.42. The Labute approximate surface area is 181 Å². The molecule has 1 amide bonds. The molecule has 1 atom stereocenters. The lowest BCUT2D eigenvalue weighted by Gasteiger charge is -2.28. The maximum atomic E-state index is 13.5. The number of aryl methyl sites for hydroxylation is 3. The number of sulfone groups is 1. The molecule has 1 saturated heterocycles. The molecule has 162 valence electrons. The highest BCUT2D eigenvalue weighted by Crippen LogP contribution is 2.24. The first-order valence-corrected chi connectivity index (χ1v) is 12.1. The fourth-order valence-electron chi connectivity index (χ4n) is 4.19. The van der Waals surface area contributed by atoms with Gasteiger partial charge in [-0.05, 0) is 49.9 Å². The van der Waals surface area contributed by atoms with Gasteiger partial charge in [0, 0.05) is 18.7 Å². The summed E-state index contributed by atoms with van der Waals surface area (Å²) < 4.78 is 30.1. The van der Waals surface area contributed by atoms with Gasteiger partial charge in [-0.25, -0.2) is 8.42 Å². The molecule has 1 aliphatic heterocycles. The van der Waals surface area contributed by atoms with E-state index < -0.39 is 21.8 Å². The summed E-state index contributed by atoms with van der Waals surface area (Å²) in [5, 5.41) is 0.454. The van der Waals surface area contributed by atoms with Crippen LogP contribution in [-0.4, -0.2) is 36.8 Å². The van der Waals surface area contributed by atoms with Crippen LogP contribution >= 0.6 is 0 Å². The fourth-order valence-corrected chi connectivity index (χ4v) is 5.92. The number of rotatable bonds is 4. The van der Waals surface area contributed by atoms with Crippen LogP contribution in [0.5, 0.6) is 0 Å². The molecule has 0 bridgehead atoms. The van der Waals surface area contributed by atoms with E-state index in [1.165, 1.54) is 11.0 Å². The summed E-state index contributed by atoms with van der Waals surface area (Å²) in [6.07, 6.45) is 0.371. The Hall–Kier alpha value is -2.93. The van der Waals surface area contributed by atoms with Gasteiger partial charge >= 0.3 is 0 Å². The van der Waals surface area contributed by atoms with Crippen molar-refractivity contribution >= 4 is 26.7 Å². The second-order valence-corrected chi connectivity index (χ2v) is 10.6. The number of amides is 1. The van der Waals surface area contributed by atoms with E-state index in [1.54, 1.807) is 6.07 Å². The van der Waals surface area contributed by atoms with Crippen molar-refractivity contribution in [3.05, 3.63) is 80.7 Å². The smallest absolute Gasteiger partial charge is 0.290 e. The van der Waals surface area contributed by atoms with Crippen LogP contribution in [0.1, 0.15) is 39.2 Å². The van der Waals surface area contributed by atoms with Gasteiger partial charge in [0.2, 0.25) is 0 Å². The summed E-state index contributed by atoms with van der Waals surface area (Å²) in [4.78, 5) is 27.8. The Kier molecular flexibility index (Phi) is 5.47. The van der Waals surface area contributed by atoms with Crippen LogP contribution in [0.15, 0.2) is 51.7 Å². The van der Waals surface area contributed by atoms with Crippen LogP contribution in [0.2, 0.25) is 0 Å². The van der Waals surface area contributed by atoms with Crippen LogP contribution in [-0.2, 0) is 16.4 Å². The average Bonchev–Trinajstić information content (AvgIpc) is 3.05. The lowest BCUT2D eigenvalue weighted by atomic mass is 10.1. The largest absolute Gasteiger partial charge is 0.451 e. The molecule has 0 spiro atoms. The van der Waals surface area contributed by atoms with Gasteiger partial charge in [-0.3, -0.25) is 9.59 Å². The monoisotopic (exact) mass is 439 g/mol. The SMILES string of the molecule is Cc1ccc(CN(C(=O)c2cc(=O)c3c(C)cc(C)cc3o2)[C@H]2CCS(=O)(=O)C2)cc1. The Morgan fingerprint density at radius 2 is 1.77 bits per heavy atom. The van der Waals surface area contributed by atoms with E-state index in [1.807, 2.05) is 51.1 Å². The van der Waals surface area contributed by atoms with Gasteiger partial charge in [-0.1, -0.05) is 35.9 Å². The summed E-state index contributed by atoms with van der Waals surface area (Å²) in [5.74, 6) is -0.574.